The van der Waals surface area contributed by atoms with Gasteiger partial charge in [-0.2, -0.15) is 4.72 Å². The zero-order valence-electron chi connectivity index (χ0n) is 9.69. The van der Waals surface area contributed by atoms with Crippen molar-refractivity contribution in [2.45, 2.75) is 4.90 Å². The fraction of sp³-hybridized carbons (Fsp3) is 0.222. The highest BCUT2D eigenvalue weighted by Crippen LogP contribution is 2.29. The van der Waals surface area contributed by atoms with Gasteiger partial charge in [-0.25, -0.2) is 8.42 Å². The van der Waals surface area contributed by atoms with Gasteiger partial charge in [-0.15, -0.1) is 0 Å². The number of nitro groups is 1. The van der Waals surface area contributed by atoms with Crippen LogP contribution in [0.1, 0.15) is 0 Å². The number of nitrogens with zero attached hydrogens (tertiary/aromatic N) is 1. The van der Waals surface area contributed by atoms with Gasteiger partial charge in [0.1, 0.15) is 6.54 Å². The molecule has 9 nitrogen and oxygen atoms in total. The summed E-state index contributed by atoms with van der Waals surface area (Å²) in [7, 11) is -2.92. The van der Waals surface area contributed by atoms with Crippen LogP contribution in [0.15, 0.2) is 23.1 Å². The highest BCUT2D eigenvalue weighted by molar-refractivity contribution is 7.89. The Morgan fingerprint density at radius 3 is 2.63 bits per heavy atom. The number of hydrogen-bond donors (Lipinski definition) is 2. The van der Waals surface area contributed by atoms with Crippen molar-refractivity contribution in [3.8, 4) is 5.75 Å². The van der Waals surface area contributed by atoms with Crippen LogP contribution < -0.4 is 9.46 Å². The van der Waals surface area contributed by atoms with Crippen LogP contribution >= 0.6 is 0 Å². The Balaban J connectivity index is 3.18. The minimum Gasteiger partial charge on any atom is -0.490 e. The lowest BCUT2D eigenvalue weighted by Gasteiger charge is -2.06. The monoisotopic (exact) mass is 290 g/mol. The van der Waals surface area contributed by atoms with E-state index in [0.29, 0.717) is 0 Å². The molecule has 0 aromatic heterocycles. The molecule has 19 heavy (non-hydrogen) atoms. The van der Waals surface area contributed by atoms with Crippen molar-refractivity contribution in [1.29, 1.82) is 0 Å². The molecule has 0 atom stereocenters. The average Bonchev–Trinajstić information content (AvgIpc) is 2.35. The maximum Gasteiger partial charge on any atom is 0.318 e. The number of aliphatic carboxylic acids is 1. The Bertz CT molecular complexity index is 611. The van der Waals surface area contributed by atoms with E-state index in [-0.39, 0.29) is 5.75 Å². The number of carboxylic acids is 1. The highest BCUT2D eigenvalue weighted by Gasteiger charge is 2.22. The second kappa shape index (κ2) is 5.63. The van der Waals surface area contributed by atoms with Gasteiger partial charge in [0.2, 0.25) is 10.0 Å². The Morgan fingerprint density at radius 2 is 2.16 bits per heavy atom. The fourth-order valence-corrected chi connectivity index (χ4v) is 2.21. The highest BCUT2D eigenvalue weighted by atomic mass is 32.2. The largest absolute Gasteiger partial charge is 0.490 e. The van der Waals surface area contributed by atoms with Gasteiger partial charge in [0.05, 0.1) is 16.9 Å². The minimum atomic E-state index is -4.13. The third kappa shape index (κ3) is 3.63. The molecule has 0 bridgehead atoms. The van der Waals surface area contributed by atoms with Gasteiger partial charge in [-0.05, 0) is 12.1 Å². The SMILES string of the molecule is COc1ccc(S(=O)(=O)NCC(=O)O)cc1[N+](=O)[O-]. The Morgan fingerprint density at radius 1 is 1.53 bits per heavy atom. The van der Waals surface area contributed by atoms with Gasteiger partial charge < -0.3 is 9.84 Å². The molecular formula is C9H10N2O7S. The van der Waals surface area contributed by atoms with Gasteiger partial charge in [0.15, 0.2) is 5.75 Å². The van der Waals surface area contributed by atoms with Gasteiger partial charge in [-0.3, -0.25) is 14.9 Å². The lowest BCUT2D eigenvalue weighted by atomic mass is 10.3. The summed E-state index contributed by atoms with van der Waals surface area (Å²) in [5.74, 6) is -1.46. The molecule has 104 valence electrons. The number of hydrogen-bond acceptors (Lipinski definition) is 6. The van der Waals surface area contributed by atoms with E-state index in [2.05, 4.69) is 0 Å². The summed E-state index contributed by atoms with van der Waals surface area (Å²) in [6.07, 6.45) is 0. The summed E-state index contributed by atoms with van der Waals surface area (Å²) >= 11 is 0. The Kier molecular flexibility index (Phi) is 4.40. The van der Waals surface area contributed by atoms with Crippen LogP contribution in [0.3, 0.4) is 0 Å². The van der Waals surface area contributed by atoms with Crippen molar-refractivity contribution in [2.75, 3.05) is 13.7 Å². The minimum absolute atomic E-state index is 0.0952. The fourth-order valence-electron chi connectivity index (χ4n) is 1.22. The summed E-state index contributed by atoms with van der Waals surface area (Å²) < 4.78 is 29.9. The second-order valence-corrected chi connectivity index (χ2v) is 5.08. The number of benzene rings is 1. The van der Waals surface area contributed by atoms with Crippen LogP contribution in [0, 0.1) is 10.1 Å². The van der Waals surface area contributed by atoms with Crippen molar-refractivity contribution >= 4 is 21.7 Å². The van der Waals surface area contributed by atoms with Crippen LogP contribution in [-0.2, 0) is 14.8 Å². The van der Waals surface area contributed by atoms with E-state index < -0.39 is 38.0 Å². The smallest absolute Gasteiger partial charge is 0.318 e. The first kappa shape index (κ1) is 14.9. The van der Waals surface area contributed by atoms with Crippen molar-refractivity contribution in [3.63, 3.8) is 0 Å². The quantitative estimate of drug-likeness (QED) is 0.554. The molecule has 0 spiro atoms. The maximum atomic E-state index is 11.7. The van der Waals surface area contributed by atoms with Crippen molar-refractivity contribution in [1.82, 2.24) is 4.72 Å². The van der Waals surface area contributed by atoms with E-state index in [9.17, 15) is 23.3 Å². The van der Waals surface area contributed by atoms with E-state index in [1.54, 1.807) is 4.72 Å². The molecule has 0 radical (unpaired) electrons. The second-order valence-electron chi connectivity index (χ2n) is 3.31. The number of methoxy groups -OCH3 is 1. The van der Waals surface area contributed by atoms with E-state index in [1.165, 1.54) is 7.11 Å². The first-order valence-corrected chi connectivity index (χ1v) is 6.30. The first-order chi connectivity index (χ1) is 8.77. The first-order valence-electron chi connectivity index (χ1n) is 4.82. The predicted octanol–water partition coefficient (Wildman–Crippen LogP) is -0.0337. The Labute approximate surface area is 108 Å². The summed E-state index contributed by atoms with van der Waals surface area (Å²) in [6, 6.07) is 2.99. The number of nitro benzene ring substituents is 1. The standard InChI is InChI=1S/C9H10N2O7S/c1-18-8-3-2-6(4-7(8)11(14)15)19(16,17)10-5-9(12)13/h2-4,10H,5H2,1H3,(H,12,13). The number of ether oxygens (including phenoxy) is 1. The van der Waals surface area contributed by atoms with Crippen LogP contribution in [0.4, 0.5) is 5.69 Å². The van der Waals surface area contributed by atoms with Gasteiger partial charge in [0.25, 0.3) is 0 Å². The molecule has 10 heteroatoms. The predicted molar refractivity (Wildman–Crippen MR) is 62.5 cm³/mol. The summed E-state index contributed by atoms with van der Waals surface area (Å²) in [6.45, 7) is -0.817. The molecule has 0 saturated heterocycles. The van der Waals surface area contributed by atoms with E-state index in [1.807, 2.05) is 0 Å². The molecule has 0 fully saturated rings. The molecule has 1 rings (SSSR count). The normalized spacial score (nSPS) is 11.0. The number of sulfonamides is 1. The van der Waals surface area contributed by atoms with Crippen molar-refractivity contribution in [3.05, 3.63) is 28.3 Å². The molecule has 0 saturated carbocycles. The third-order valence-electron chi connectivity index (χ3n) is 2.07. The number of rotatable bonds is 6. The third-order valence-corrected chi connectivity index (χ3v) is 3.47. The molecule has 1 aromatic rings. The van der Waals surface area contributed by atoms with Gasteiger partial charge in [0, 0.05) is 6.07 Å². The van der Waals surface area contributed by atoms with E-state index >= 15 is 0 Å². The lowest BCUT2D eigenvalue weighted by Crippen LogP contribution is -2.29. The maximum absolute atomic E-state index is 11.7. The molecule has 0 amide bonds. The Hall–Kier alpha value is -2.20. The number of carboxylic acid groups (broad SMARTS) is 1. The van der Waals surface area contributed by atoms with Crippen LogP contribution in [0.25, 0.3) is 0 Å². The molecule has 2 N–H and O–H groups in total. The molecule has 0 unspecified atom stereocenters. The summed E-state index contributed by atoms with van der Waals surface area (Å²) in [5, 5.41) is 19.1. The zero-order chi connectivity index (χ0) is 14.6. The zero-order valence-corrected chi connectivity index (χ0v) is 10.5. The van der Waals surface area contributed by atoms with Crippen LogP contribution in [0.5, 0.6) is 5.75 Å². The number of carbonyl (C=O) groups is 1. The van der Waals surface area contributed by atoms with Crippen LogP contribution in [0.2, 0.25) is 0 Å². The average molecular weight is 290 g/mol. The van der Waals surface area contributed by atoms with Crippen molar-refractivity contribution < 1.29 is 28.0 Å². The molecule has 0 aliphatic rings. The van der Waals surface area contributed by atoms with Crippen LogP contribution in [-0.4, -0.2) is 38.1 Å². The lowest BCUT2D eigenvalue weighted by molar-refractivity contribution is -0.386. The topological polar surface area (TPSA) is 136 Å². The molecule has 0 heterocycles. The molecule has 0 aliphatic carbocycles. The van der Waals surface area contributed by atoms with Crippen molar-refractivity contribution in [2.24, 2.45) is 0 Å². The molecular weight excluding hydrogens is 280 g/mol. The van der Waals surface area contributed by atoms with Gasteiger partial charge in [-0.1, -0.05) is 0 Å². The van der Waals surface area contributed by atoms with E-state index in [0.717, 1.165) is 18.2 Å². The summed E-state index contributed by atoms with van der Waals surface area (Å²) in [4.78, 5) is 19.8. The molecule has 1 aromatic carbocycles. The van der Waals surface area contributed by atoms with Gasteiger partial charge >= 0.3 is 11.7 Å². The number of nitrogens with one attached hydrogen (secondary N) is 1. The van der Waals surface area contributed by atoms with E-state index in [4.69, 9.17) is 9.84 Å². The summed E-state index contributed by atoms with van der Waals surface area (Å²) in [5.41, 5.74) is -0.527. The molecule has 0 aliphatic heterocycles.